The van der Waals surface area contributed by atoms with Gasteiger partial charge < -0.3 is 10.6 Å². The molecule has 2 fully saturated rings. The van der Waals surface area contributed by atoms with Gasteiger partial charge in [0.2, 0.25) is 5.91 Å². The Bertz CT molecular complexity index is 289. The van der Waals surface area contributed by atoms with Crippen LogP contribution in [0.25, 0.3) is 0 Å². The average molecular weight is 267 g/mol. The number of amides is 1. The molecule has 2 unspecified atom stereocenters. The molecule has 4 nitrogen and oxygen atoms in total. The normalized spacial score (nSPS) is 28.0. The molecule has 2 rings (SSSR count). The minimum Gasteiger partial charge on any atom is -0.355 e. The van der Waals surface area contributed by atoms with E-state index in [1.54, 1.807) is 0 Å². The summed E-state index contributed by atoms with van der Waals surface area (Å²) in [6.07, 6.45) is 6.81. The molecule has 1 amide bonds. The van der Waals surface area contributed by atoms with Gasteiger partial charge in [-0.15, -0.1) is 0 Å². The van der Waals surface area contributed by atoms with Crippen molar-refractivity contribution in [3.63, 3.8) is 0 Å². The Balaban J connectivity index is 1.99. The molecule has 2 atom stereocenters. The maximum Gasteiger partial charge on any atom is 0.238 e. The quantitative estimate of drug-likeness (QED) is 0.808. The number of carbonyl (C=O) groups excluding carboxylic acids is 1. The molecule has 0 aromatic heterocycles. The number of hydrogen-bond acceptors (Lipinski definition) is 3. The Morgan fingerprint density at radius 3 is 2.79 bits per heavy atom. The van der Waals surface area contributed by atoms with Crippen LogP contribution >= 0.6 is 0 Å². The maximum absolute atomic E-state index is 12.2. The molecule has 1 saturated heterocycles. The molecule has 2 aliphatic rings. The minimum absolute atomic E-state index is 0.0191. The van der Waals surface area contributed by atoms with E-state index in [2.05, 4.69) is 22.5 Å². The van der Waals surface area contributed by atoms with Crippen LogP contribution in [-0.4, -0.2) is 49.1 Å². The van der Waals surface area contributed by atoms with Gasteiger partial charge >= 0.3 is 0 Å². The van der Waals surface area contributed by atoms with Crippen LogP contribution in [0, 0.1) is 5.92 Å². The monoisotopic (exact) mass is 267 g/mol. The van der Waals surface area contributed by atoms with Gasteiger partial charge in [-0.2, -0.15) is 0 Å². The van der Waals surface area contributed by atoms with Crippen molar-refractivity contribution in [1.82, 2.24) is 15.5 Å². The summed E-state index contributed by atoms with van der Waals surface area (Å²) in [5.74, 6) is 0.973. The second-order valence-electron chi connectivity index (χ2n) is 5.99. The second kappa shape index (κ2) is 7.25. The summed E-state index contributed by atoms with van der Waals surface area (Å²) in [6, 6.07) is 0.556. The summed E-state index contributed by atoms with van der Waals surface area (Å²) in [6.45, 7) is 7.84. The fraction of sp³-hybridized carbons (Fsp3) is 0.933. The SMILES string of the molecule is CCNC(=O)C1CNCCN1C(C)C1CCCCC1. The molecule has 2 N–H and O–H groups in total. The predicted molar refractivity (Wildman–Crippen MR) is 78.1 cm³/mol. The van der Waals surface area contributed by atoms with Gasteiger partial charge in [-0.25, -0.2) is 0 Å². The highest BCUT2D eigenvalue weighted by atomic mass is 16.2. The lowest BCUT2D eigenvalue weighted by atomic mass is 9.83. The van der Waals surface area contributed by atoms with Crippen molar-refractivity contribution >= 4 is 5.91 Å². The first-order valence-corrected chi connectivity index (χ1v) is 7.98. The molecular formula is C15H29N3O. The van der Waals surface area contributed by atoms with Crippen molar-refractivity contribution in [2.24, 2.45) is 5.92 Å². The zero-order chi connectivity index (χ0) is 13.7. The van der Waals surface area contributed by atoms with Crippen molar-refractivity contribution in [3.8, 4) is 0 Å². The van der Waals surface area contributed by atoms with E-state index in [-0.39, 0.29) is 11.9 Å². The first-order chi connectivity index (χ1) is 9.24. The summed E-state index contributed by atoms with van der Waals surface area (Å²) < 4.78 is 0. The van der Waals surface area contributed by atoms with Crippen LogP contribution in [-0.2, 0) is 4.79 Å². The molecule has 1 saturated carbocycles. The largest absolute Gasteiger partial charge is 0.355 e. The average Bonchev–Trinajstić information content (AvgIpc) is 2.47. The molecule has 1 aliphatic heterocycles. The molecular weight excluding hydrogens is 238 g/mol. The Labute approximate surface area is 117 Å². The predicted octanol–water partition coefficient (Wildman–Crippen LogP) is 1.37. The van der Waals surface area contributed by atoms with Gasteiger partial charge in [-0.05, 0) is 32.6 Å². The third-order valence-corrected chi connectivity index (χ3v) is 4.79. The van der Waals surface area contributed by atoms with E-state index in [1.165, 1.54) is 32.1 Å². The highest BCUT2D eigenvalue weighted by Gasteiger charge is 2.34. The number of rotatable bonds is 4. The highest BCUT2D eigenvalue weighted by molar-refractivity contribution is 5.82. The number of piperazine rings is 1. The van der Waals surface area contributed by atoms with Crippen LogP contribution in [0.15, 0.2) is 0 Å². The van der Waals surface area contributed by atoms with Gasteiger partial charge in [-0.1, -0.05) is 19.3 Å². The molecule has 1 heterocycles. The van der Waals surface area contributed by atoms with E-state index in [0.29, 0.717) is 6.04 Å². The van der Waals surface area contributed by atoms with Crippen molar-refractivity contribution < 1.29 is 4.79 Å². The number of carbonyl (C=O) groups is 1. The summed E-state index contributed by atoms with van der Waals surface area (Å²) in [5.41, 5.74) is 0. The molecule has 1 aliphatic carbocycles. The second-order valence-corrected chi connectivity index (χ2v) is 5.99. The summed E-state index contributed by atoms with van der Waals surface area (Å²) in [4.78, 5) is 14.6. The fourth-order valence-electron chi connectivity index (χ4n) is 3.63. The van der Waals surface area contributed by atoms with E-state index >= 15 is 0 Å². The lowest BCUT2D eigenvalue weighted by Crippen LogP contribution is -2.61. The third-order valence-electron chi connectivity index (χ3n) is 4.79. The number of likely N-dealkylation sites (N-methyl/N-ethyl adjacent to an activating group) is 1. The van der Waals surface area contributed by atoms with Crippen molar-refractivity contribution in [2.75, 3.05) is 26.2 Å². The van der Waals surface area contributed by atoms with Crippen LogP contribution in [0.4, 0.5) is 0 Å². The molecule has 4 heteroatoms. The Hall–Kier alpha value is -0.610. The van der Waals surface area contributed by atoms with Gasteiger partial charge in [-0.3, -0.25) is 9.69 Å². The van der Waals surface area contributed by atoms with Crippen LogP contribution < -0.4 is 10.6 Å². The zero-order valence-corrected chi connectivity index (χ0v) is 12.5. The zero-order valence-electron chi connectivity index (χ0n) is 12.5. The Kier molecular flexibility index (Phi) is 5.64. The van der Waals surface area contributed by atoms with Crippen LogP contribution in [0.1, 0.15) is 46.0 Å². The highest BCUT2D eigenvalue weighted by Crippen LogP contribution is 2.30. The maximum atomic E-state index is 12.2. The number of nitrogens with one attached hydrogen (secondary N) is 2. The van der Waals surface area contributed by atoms with E-state index in [9.17, 15) is 4.79 Å². The summed E-state index contributed by atoms with van der Waals surface area (Å²) in [7, 11) is 0. The van der Waals surface area contributed by atoms with E-state index in [1.807, 2.05) is 6.92 Å². The Morgan fingerprint density at radius 1 is 1.37 bits per heavy atom. The van der Waals surface area contributed by atoms with Crippen LogP contribution in [0.3, 0.4) is 0 Å². The van der Waals surface area contributed by atoms with Crippen molar-refractivity contribution in [1.29, 1.82) is 0 Å². The van der Waals surface area contributed by atoms with Crippen molar-refractivity contribution in [2.45, 2.75) is 58.0 Å². The molecule has 0 aromatic carbocycles. The molecule has 0 radical (unpaired) electrons. The van der Waals surface area contributed by atoms with Gasteiger partial charge in [0, 0.05) is 32.2 Å². The first kappa shape index (κ1) is 14.8. The van der Waals surface area contributed by atoms with E-state index < -0.39 is 0 Å². The molecule has 110 valence electrons. The standard InChI is InChI=1S/C15H29N3O/c1-3-17-15(19)14-11-16-9-10-18(14)12(2)13-7-5-4-6-8-13/h12-14,16H,3-11H2,1-2H3,(H,17,19). The summed E-state index contributed by atoms with van der Waals surface area (Å²) in [5, 5.41) is 6.34. The van der Waals surface area contributed by atoms with Crippen molar-refractivity contribution in [3.05, 3.63) is 0 Å². The van der Waals surface area contributed by atoms with Gasteiger partial charge in [0.05, 0.1) is 0 Å². The van der Waals surface area contributed by atoms with Gasteiger partial charge in [0.25, 0.3) is 0 Å². The number of hydrogen-bond donors (Lipinski definition) is 2. The van der Waals surface area contributed by atoms with Crippen LogP contribution in [0.2, 0.25) is 0 Å². The lowest BCUT2D eigenvalue weighted by Gasteiger charge is -2.43. The lowest BCUT2D eigenvalue weighted by molar-refractivity contribution is -0.128. The first-order valence-electron chi connectivity index (χ1n) is 7.98. The molecule has 19 heavy (non-hydrogen) atoms. The van der Waals surface area contributed by atoms with Gasteiger partial charge in [0.1, 0.15) is 6.04 Å². The third kappa shape index (κ3) is 3.69. The number of nitrogens with zero attached hydrogens (tertiary/aromatic N) is 1. The fourth-order valence-corrected chi connectivity index (χ4v) is 3.63. The Morgan fingerprint density at radius 2 is 2.11 bits per heavy atom. The smallest absolute Gasteiger partial charge is 0.238 e. The van der Waals surface area contributed by atoms with Crippen LogP contribution in [0.5, 0.6) is 0 Å². The van der Waals surface area contributed by atoms with E-state index in [0.717, 1.165) is 32.1 Å². The van der Waals surface area contributed by atoms with Gasteiger partial charge in [0.15, 0.2) is 0 Å². The van der Waals surface area contributed by atoms with E-state index in [4.69, 9.17) is 0 Å². The molecule has 0 bridgehead atoms. The minimum atomic E-state index is 0.0191. The molecule has 0 spiro atoms. The topological polar surface area (TPSA) is 44.4 Å². The summed E-state index contributed by atoms with van der Waals surface area (Å²) >= 11 is 0. The molecule has 0 aromatic rings.